The first-order chi connectivity index (χ1) is 17.9. The van der Waals surface area contributed by atoms with Crippen LogP contribution in [0.3, 0.4) is 0 Å². The second-order valence-corrected chi connectivity index (χ2v) is 12.1. The second kappa shape index (κ2) is 10.7. The molecule has 0 spiro atoms. The van der Waals surface area contributed by atoms with Gasteiger partial charge >= 0.3 is 0 Å². The molecule has 1 aliphatic rings. The molecule has 1 aliphatic carbocycles. The fourth-order valence-electron chi connectivity index (χ4n) is 5.54. The molecule has 0 N–H and O–H groups in total. The van der Waals surface area contributed by atoms with Crippen LogP contribution < -0.4 is 0 Å². The van der Waals surface area contributed by atoms with Crippen molar-refractivity contribution in [1.82, 2.24) is 20.2 Å². The Balaban J connectivity index is 1.60. The molecule has 190 valence electrons. The molecule has 1 aromatic heterocycles. The summed E-state index contributed by atoms with van der Waals surface area (Å²) in [6, 6.07) is 29.1. The van der Waals surface area contributed by atoms with Gasteiger partial charge < -0.3 is 0 Å². The molecule has 0 saturated heterocycles. The van der Waals surface area contributed by atoms with Gasteiger partial charge in [-0.3, -0.25) is 4.99 Å². The van der Waals surface area contributed by atoms with E-state index in [1.54, 1.807) is 0 Å². The van der Waals surface area contributed by atoms with E-state index in [9.17, 15) is 0 Å². The van der Waals surface area contributed by atoms with Crippen molar-refractivity contribution in [2.45, 2.75) is 58.0 Å². The zero-order valence-electron chi connectivity index (χ0n) is 21.8. The van der Waals surface area contributed by atoms with Gasteiger partial charge in [0.2, 0.25) is 0 Å². The van der Waals surface area contributed by atoms with E-state index in [2.05, 4.69) is 125 Å². The van der Waals surface area contributed by atoms with Crippen molar-refractivity contribution in [3.05, 3.63) is 112 Å². The fourth-order valence-corrected chi connectivity index (χ4v) is 5.80. The summed E-state index contributed by atoms with van der Waals surface area (Å²) in [4.78, 5) is 5.30. The van der Waals surface area contributed by atoms with Gasteiger partial charge in [0.1, 0.15) is 11.6 Å². The van der Waals surface area contributed by atoms with Crippen LogP contribution in [0.25, 0.3) is 0 Å². The number of aromatic nitrogens is 4. The van der Waals surface area contributed by atoms with Crippen molar-refractivity contribution < 1.29 is 0 Å². The molecule has 0 amide bonds. The first-order valence-corrected chi connectivity index (χ1v) is 13.8. The number of rotatable bonds is 6. The molecule has 0 aliphatic heterocycles. The minimum Gasteiger partial charge on any atom is -0.278 e. The molecule has 1 saturated carbocycles. The van der Waals surface area contributed by atoms with Crippen molar-refractivity contribution >= 4 is 22.1 Å². The Morgan fingerprint density at radius 1 is 0.892 bits per heavy atom. The molecule has 0 unspecified atom stereocenters. The highest BCUT2D eigenvalue weighted by atomic mass is 79.9. The van der Waals surface area contributed by atoms with Crippen molar-refractivity contribution in [3.63, 3.8) is 0 Å². The van der Waals surface area contributed by atoms with E-state index in [1.807, 2.05) is 23.0 Å². The number of nitrogens with zero attached hydrogens (tertiary/aromatic N) is 5. The Kier molecular flexibility index (Phi) is 7.38. The minimum atomic E-state index is -0.486. The van der Waals surface area contributed by atoms with E-state index in [-0.39, 0.29) is 11.5 Å². The van der Waals surface area contributed by atoms with Crippen LogP contribution in [0.4, 0.5) is 0 Å². The number of halogens is 1. The summed E-state index contributed by atoms with van der Waals surface area (Å²) in [5.41, 5.74) is 3.15. The van der Waals surface area contributed by atoms with Gasteiger partial charge in [0.15, 0.2) is 5.82 Å². The molecule has 0 radical (unpaired) electrons. The van der Waals surface area contributed by atoms with Crippen LogP contribution in [0.1, 0.15) is 75.0 Å². The van der Waals surface area contributed by atoms with Crippen molar-refractivity contribution in [2.75, 3.05) is 0 Å². The van der Waals surface area contributed by atoms with E-state index in [1.165, 1.54) is 0 Å². The lowest BCUT2D eigenvalue weighted by Crippen LogP contribution is -2.37. The zero-order chi connectivity index (χ0) is 25.9. The number of aliphatic imine (C=N–C) groups is 1. The van der Waals surface area contributed by atoms with Gasteiger partial charge in [-0.05, 0) is 76.3 Å². The number of hydrogen-bond donors (Lipinski definition) is 0. The van der Waals surface area contributed by atoms with Gasteiger partial charge in [-0.15, -0.1) is 5.10 Å². The van der Waals surface area contributed by atoms with Crippen LogP contribution in [-0.4, -0.2) is 26.4 Å². The summed E-state index contributed by atoms with van der Waals surface area (Å²) < 4.78 is 3.07. The van der Waals surface area contributed by atoms with Gasteiger partial charge in [0.25, 0.3) is 0 Å². The van der Waals surface area contributed by atoms with Crippen LogP contribution in [-0.2, 0) is 5.54 Å². The zero-order valence-corrected chi connectivity index (χ0v) is 23.3. The number of tetrazole rings is 1. The molecule has 5 rings (SSSR count). The van der Waals surface area contributed by atoms with E-state index < -0.39 is 5.54 Å². The van der Waals surface area contributed by atoms with Gasteiger partial charge in [-0.25, -0.2) is 4.68 Å². The molecule has 6 heteroatoms. The van der Waals surface area contributed by atoms with Crippen LogP contribution in [0, 0.1) is 11.3 Å². The Hall–Kier alpha value is -3.12. The molecule has 0 bridgehead atoms. The standard InChI is InChI=1S/C31H34BrN5/c1-30(2,3)26-18-20-31(21-19-26,33-22-23-14-16-27(32)17-15-23)29-34-35-36-37(29)28(24-10-6-4-7-11-24)25-12-8-5-9-13-25/h4-17,22,26,28H,18-21H2,1-3H3. The van der Waals surface area contributed by atoms with Crippen molar-refractivity contribution in [1.29, 1.82) is 0 Å². The molecule has 4 aromatic rings. The van der Waals surface area contributed by atoms with E-state index in [0.717, 1.165) is 52.7 Å². The molecule has 0 atom stereocenters. The second-order valence-electron chi connectivity index (χ2n) is 11.2. The molecule has 3 aromatic carbocycles. The molecule has 5 nitrogen and oxygen atoms in total. The summed E-state index contributed by atoms with van der Waals surface area (Å²) in [5.74, 6) is 1.48. The van der Waals surface area contributed by atoms with Gasteiger partial charge in [-0.2, -0.15) is 0 Å². The molecule has 1 heterocycles. The maximum atomic E-state index is 5.30. The topological polar surface area (TPSA) is 56.0 Å². The van der Waals surface area contributed by atoms with Crippen molar-refractivity contribution in [2.24, 2.45) is 16.3 Å². The smallest absolute Gasteiger partial charge is 0.179 e. The van der Waals surface area contributed by atoms with Crippen LogP contribution in [0.5, 0.6) is 0 Å². The summed E-state index contributed by atoms with van der Waals surface area (Å²) in [7, 11) is 0. The maximum absolute atomic E-state index is 5.30. The average Bonchev–Trinajstić information content (AvgIpc) is 3.40. The minimum absolute atomic E-state index is 0.132. The highest BCUT2D eigenvalue weighted by Crippen LogP contribution is 2.47. The number of hydrogen-bond acceptors (Lipinski definition) is 4. The summed E-state index contributed by atoms with van der Waals surface area (Å²) >= 11 is 3.54. The fraction of sp³-hybridized carbons (Fsp3) is 0.355. The van der Waals surface area contributed by atoms with Crippen molar-refractivity contribution in [3.8, 4) is 0 Å². The molecular weight excluding hydrogens is 522 g/mol. The highest BCUT2D eigenvalue weighted by Gasteiger charge is 2.44. The highest BCUT2D eigenvalue weighted by molar-refractivity contribution is 9.10. The van der Waals surface area contributed by atoms with Gasteiger partial charge in [-0.1, -0.05) is 109 Å². The predicted molar refractivity (Wildman–Crippen MR) is 153 cm³/mol. The average molecular weight is 557 g/mol. The SMILES string of the molecule is CC(C)(C)C1CCC(N=Cc2ccc(Br)cc2)(c2nnnn2C(c2ccccc2)c2ccccc2)CC1. The lowest BCUT2D eigenvalue weighted by atomic mass is 9.67. The Morgan fingerprint density at radius 2 is 1.46 bits per heavy atom. The van der Waals surface area contributed by atoms with Gasteiger partial charge in [0, 0.05) is 10.7 Å². The first-order valence-electron chi connectivity index (χ1n) is 13.0. The van der Waals surface area contributed by atoms with Gasteiger partial charge in [0.05, 0.1) is 0 Å². The van der Waals surface area contributed by atoms with Crippen LogP contribution in [0.15, 0.2) is 94.4 Å². The van der Waals surface area contributed by atoms with Crippen LogP contribution >= 0.6 is 15.9 Å². The molecular formula is C31H34BrN5. The summed E-state index contributed by atoms with van der Waals surface area (Å²) in [6.45, 7) is 7.04. The summed E-state index contributed by atoms with van der Waals surface area (Å²) in [6.07, 6.45) is 6.02. The molecule has 37 heavy (non-hydrogen) atoms. The third kappa shape index (κ3) is 5.59. The lowest BCUT2D eigenvalue weighted by Gasteiger charge is -2.41. The Bertz CT molecular complexity index is 1280. The number of benzene rings is 3. The first kappa shape index (κ1) is 25.5. The predicted octanol–water partition coefficient (Wildman–Crippen LogP) is 7.62. The Labute approximate surface area is 228 Å². The summed E-state index contributed by atoms with van der Waals surface area (Å²) in [5, 5.41) is 13.5. The molecule has 1 fully saturated rings. The Morgan fingerprint density at radius 3 is 2.00 bits per heavy atom. The monoisotopic (exact) mass is 555 g/mol. The van der Waals surface area contributed by atoms with E-state index in [0.29, 0.717) is 5.92 Å². The third-order valence-corrected chi connectivity index (χ3v) is 8.28. The van der Waals surface area contributed by atoms with E-state index in [4.69, 9.17) is 4.99 Å². The third-order valence-electron chi connectivity index (χ3n) is 7.75. The lowest BCUT2D eigenvalue weighted by molar-refractivity contribution is 0.128. The van der Waals surface area contributed by atoms with Crippen LogP contribution in [0.2, 0.25) is 0 Å². The largest absolute Gasteiger partial charge is 0.278 e. The maximum Gasteiger partial charge on any atom is 0.179 e. The van der Waals surface area contributed by atoms with E-state index >= 15 is 0 Å². The quantitative estimate of drug-likeness (QED) is 0.230. The normalized spacial score (nSPS) is 20.5.